The summed E-state index contributed by atoms with van der Waals surface area (Å²) in [6, 6.07) is 5.68. The highest BCUT2D eigenvalue weighted by atomic mass is 19.1. The normalized spacial score (nSPS) is 11.7. The molecule has 1 unspecified atom stereocenters. The van der Waals surface area contributed by atoms with Crippen molar-refractivity contribution in [3.8, 4) is 0 Å². The van der Waals surface area contributed by atoms with Crippen molar-refractivity contribution in [1.82, 2.24) is 10.6 Å². The van der Waals surface area contributed by atoms with E-state index in [0.29, 0.717) is 19.4 Å². The molecule has 0 heterocycles. The minimum absolute atomic E-state index is 0.117. The van der Waals surface area contributed by atoms with Gasteiger partial charge in [-0.25, -0.2) is 9.18 Å². The van der Waals surface area contributed by atoms with Crippen LogP contribution in [-0.2, 0) is 11.2 Å². The molecule has 0 radical (unpaired) electrons. The maximum Gasteiger partial charge on any atom is 0.314 e. The van der Waals surface area contributed by atoms with Gasteiger partial charge in [-0.1, -0.05) is 25.5 Å². The lowest BCUT2D eigenvalue weighted by Gasteiger charge is -2.13. The van der Waals surface area contributed by atoms with E-state index < -0.39 is 11.9 Å². The smallest absolute Gasteiger partial charge is 0.314 e. The summed E-state index contributed by atoms with van der Waals surface area (Å²) in [5, 5.41) is 14.2. The lowest BCUT2D eigenvalue weighted by molar-refractivity contribution is -0.141. The Balaban J connectivity index is 2.24. The summed E-state index contributed by atoms with van der Waals surface area (Å²) in [5.41, 5.74) is 0.922. The Morgan fingerprint density at radius 1 is 1.24 bits per heavy atom. The number of halogens is 1. The highest BCUT2D eigenvalue weighted by Gasteiger charge is 2.16. The number of carbonyl (C=O) groups excluding carboxylic acids is 1. The van der Waals surface area contributed by atoms with E-state index in [4.69, 9.17) is 5.11 Å². The molecule has 5 nitrogen and oxygen atoms in total. The van der Waals surface area contributed by atoms with Crippen LogP contribution in [0.3, 0.4) is 0 Å². The van der Waals surface area contributed by atoms with Crippen LogP contribution in [0, 0.1) is 11.7 Å². The highest BCUT2D eigenvalue weighted by Crippen LogP contribution is 2.05. The second-order valence-electron chi connectivity index (χ2n) is 4.84. The van der Waals surface area contributed by atoms with Gasteiger partial charge in [0, 0.05) is 13.1 Å². The summed E-state index contributed by atoms with van der Waals surface area (Å²) < 4.78 is 12.7. The van der Waals surface area contributed by atoms with E-state index in [2.05, 4.69) is 10.6 Å². The standard InChI is InChI=1S/C15H21FN2O3/c1-2-3-12(14(19)20)10-18-15(21)17-9-8-11-4-6-13(16)7-5-11/h4-7,12H,2-3,8-10H2,1H3,(H,19,20)(H2,17,18,21). The highest BCUT2D eigenvalue weighted by molar-refractivity contribution is 5.75. The molecule has 0 aliphatic rings. The van der Waals surface area contributed by atoms with Gasteiger partial charge in [-0.3, -0.25) is 4.79 Å². The second-order valence-corrected chi connectivity index (χ2v) is 4.84. The topological polar surface area (TPSA) is 78.4 Å². The van der Waals surface area contributed by atoms with E-state index in [0.717, 1.165) is 12.0 Å². The Morgan fingerprint density at radius 3 is 2.48 bits per heavy atom. The van der Waals surface area contributed by atoms with E-state index in [-0.39, 0.29) is 18.4 Å². The van der Waals surface area contributed by atoms with Crippen LogP contribution in [0.2, 0.25) is 0 Å². The molecule has 21 heavy (non-hydrogen) atoms. The maximum atomic E-state index is 12.7. The van der Waals surface area contributed by atoms with Gasteiger partial charge in [0.15, 0.2) is 0 Å². The largest absolute Gasteiger partial charge is 0.481 e. The molecular weight excluding hydrogens is 275 g/mol. The molecule has 116 valence electrons. The lowest BCUT2D eigenvalue weighted by Crippen LogP contribution is -2.40. The number of amides is 2. The van der Waals surface area contributed by atoms with E-state index in [9.17, 15) is 14.0 Å². The van der Waals surface area contributed by atoms with Gasteiger partial charge in [-0.05, 0) is 30.5 Å². The maximum absolute atomic E-state index is 12.7. The lowest BCUT2D eigenvalue weighted by atomic mass is 10.0. The fourth-order valence-corrected chi connectivity index (χ4v) is 1.91. The van der Waals surface area contributed by atoms with Gasteiger partial charge in [0.25, 0.3) is 0 Å². The minimum atomic E-state index is -0.900. The fraction of sp³-hybridized carbons (Fsp3) is 0.467. The quantitative estimate of drug-likeness (QED) is 0.688. The summed E-state index contributed by atoms with van der Waals surface area (Å²) in [7, 11) is 0. The number of carboxylic acid groups (broad SMARTS) is 1. The summed E-state index contributed by atoms with van der Waals surface area (Å²) >= 11 is 0. The molecule has 3 N–H and O–H groups in total. The summed E-state index contributed by atoms with van der Waals surface area (Å²) in [6.45, 7) is 2.42. The van der Waals surface area contributed by atoms with Crippen LogP contribution in [0.25, 0.3) is 0 Å². The molecule has 0 bridgehead atoms. The van der Waals surface area contributed by atoms with Gasteiger partial charge >= 0.3 is 12.0 Å². The first-order valence-electron chi connectivity index (χ1n) is 7.02. The van der Waals surface area contributed by atoms with E-state index in [1.54, 1.807) is 12.1 Å². The molecule has 0 aliphatic heterocycles. The molecule has 0 fully saturated rings. The van der Waals surface area contributed by atoms with Gasteiger partial charge in [0.05, 0.1) is 5.92 Å². The molecule has 1 atom stereocenters. The molecule has 2 amide bonds. The fourth-order valence-electron chi connectivity index (χ4n) is 1.91. The van der Waals surface area contributed by atoms with Gasteiger partial charge in [-0.2, -0.15) is 0 Å². The number of hydrogen-bond acceptors (Lipinski definition) is 2. The molecule has 0 saturated carbocycles. The van der Waals surface area contributed by atoms with Crippen molar-refractivity contribution in [3.05, 3.63) is 35.6 Å². The third-order valence-electron chi connectivity index (χ3n) is 3.11. The second kappa shape index (κ2) is 8.94. The van der Waals surface area contributed by atoms with Gasteiger partial charge in [0.1, 0.15) is 5.82 Å². The first-order valence-corrected chi connectivity index (χ1v) is 7.02. The molecule has 0 aromatic heterocycles. The van der Waals surface area contributed by atoms with E-state index in [1.165, 1.54) is 12.1 Å². The first kappa shape index (κ1) is 16.9. The Labute approximate surface area is 123 Å². The van der Waals surface area contributed by atoms with Crippen molar-refractivity contribution in [2.24, 2.45) is 5.92 Å². The van der Waals surface area contributed by atoms with Gasteiger partial charge in [-0.15, -0.1) is 0 Å². The van der Waals surface area contributed by atoms with Gasteiger partial charge < -0.3 is 15.7 Å². The SMILES string of the molecule is CCCC(CNC(=O)NCCc1ccc(F)cc1)C(=O)O. The molecule has 1 aromatic rings. The van der Waals surface area contributed by atoms with Gasteiger partial charge in [0.2, 0.25) is 0 Å². The van der Waals surface area contributed by atoms with Crippen LogP contribution < -0.4 is 10.6 Å². The number of carboxylic acids is 1. The molecule has 1 aromatic carbocycles. The number of nitrogens with one attached hydrogen (secondary N) is 2. The third-order valence-corrected chi connectivity index (χ3v) is 3.11. The predicted octanol–water partition coefficient (Wildman–Crippen LogP) is 2.17. The minimum Gasteiger partial charge on any atom is -0.481 e. The Hall–Kier alpha value is -2.11. The van der Waals surface area contributed by atoms with Crippen molar-refractivity contribution < 1.29 is 19.1 Å². The monoisotopic (exact) mass is 296 g/mol. The number of carbonyl (C=O) groups is 2. The molecular formula is C15H21FN2O3. The molecule has 0 spiro atoms. The van der Waals surface area contributed by atoms with E-state index >= 15 is 0 Å². The van der Waals surface area contributed by atoms with E-state index in [1.807, 2.05) is 6.92 Å². The molecule has 0 aliphatic carbocycles. The van der Waals surface area contributed by atoms with Crippen molar-refractivity contribution in [2.45, 2.75) is 26.2 Å². The van der Waals surface area contributed by atoms with Crippen LogP contribution in [0.4, 0.5) is 9.18 Å². The zero-order valence-electron chi connectivity index (χ0n) is 12.1. The number of rotatable bonds is 8. The van der Waals surface area contributed by atoms with Crippen molar-refractivity contribution in [3.63, 3.8) is 0 Å². The summed E-state index contributed by atoms with van der Waals surface area (Å²) in [5.74, 6) is -1.75. The van der Waals surface area contributed by atoms with Crippen LogP contribution in [0.15, 0.2) is 24.3 Å². The Morgan fingerprint density at radius 2 is 1.90 bits per heavy atom. The van der Waals surface area contributed by atoms with Crippen molar-refractivity contribution in [2.75, 3.05) is 13.1 Å². The number of hydrogen-bond donors (Lipinski definition) is 3. The van der Waals surface area contributed by atoms with Crippen LogP contribution >= 0.6 is 0 Å². The number of urea groups is 1. The van der Waals surface area contributed by atoms with Crippen LogP contribution in [0.5, 0.6) is 0 Å². The average molecular weight is 296 g/mol. The van der Waals surface area contributed by atoms with Crippen LogP contribution in [0.1, 0.15) is 25.3 Å². The Bertz CT molecular complexity index is 462. The molecule has 6 heteroatoms. The van der Waals surface area contributed by atoms with Crippen LogP contribution in [-0.4, -0.2) is 30.2 Å². The molecule has 0 saturated heterocycles. The molecule has 1 rings (SSSR count). The first-order chi connectivity index (χ1) is 10.0. The average Bonchev–Trinajstić information content (AvgIpc) is 2.45. The predicted molar refractivity (Wildman–Crippen MR) is 77.5 cm³/mol. The zero-order chi connectivity index (χ0) is 15.7. The summed E-state index contributed by atoms with van der Waals surface area (Å²) in [6.07, 6.45) is 1.88. The summed E-state index contributed by atoms with van der Waals surface area (Å²) in [4.78, 5) is 22.5. The van der Waals surface area contributed by atoms with Crippen molar-refractivity contribution >= 4 is 12.0 Å². The number of aliphatic carboxylic acids is 1. The zero-order valence-corrected chi connectivity index (χ0v) is 12.1. The number of benzene rings is 1. The van der Waals surface area contributed by atoms with Crippen molar-refractivity contribution in [1.29, 1.82) is 0 Å². The Kier molecular flexibility index (Phi) is 7.21. The third kappa shape index (κ3) is 6.74.